The summed E-state index contributed by atoms with van der Waals surface area (Å²) in [5, 5.41) is 0. The van der Waals surface area contributed by atoms with Crippen molar-refractivity contribution in [3.05, 3.63) is 35.6 Å². The Hall–Kier alpha value is -2.04. The van der Waals surface area contributed by atoms with Crippen molar-refractivity contribution in [1.82, 2.24) is 0 Å². The monoisotopic (exact) mass is 224 g/mol. The van der Waals surface area contributed by atoms with Gasteiger partial charge in [-0.05, 0) is 19.1 Å². The zero-order valence-corrected chi connectivity index (χ0v) is 8.53. The molecule has 0 radical (unpaired) electrons. The van der Waals surface area contributed by atoms with Gasteiger partial charge in [-0.3, -0.25) is 9.59 Å². The van der Waals surface area contributed by atoms with E-state index in [1.807, 2.05) is 0 Å². The van der Waals surface area contributed by atoms with Gasteiger partial charge in [0.2, 0.25) is 5.78 Å². The van der Waals surface area contributed by atoms with Gasteiger partial charge in [0.05, 0.1) is 6.61 Å². The van der Waals surface area contributed by atoms with Gasteiger partial charge in [-0.25, -0.2) is 9.18 Å². The average Bonchev–Trinajstić information content (AvgIpc) is 2.27. The molecule has 0 N–H and O–H groups in total. The summed E-state index contributed by atoms with van der Waals surface area (Å²) in [6, 6.07) is 4.55. The molecule has 1 rings (SSSR count). The summed E-state index contributed by atoms with van der Waals surface area (Å²) in [7, 11) is 0. The molecular formula is C11H9FO4. The van der Waals surface area contributed by atoms with Crippen LogP contribution in [0.5, 0.6) is 0 Å². The molecule has 0 aliphatic rings. The molecule has 16 heavy (non-hydrogen) atoms. The van der Waals surface area contributed by atoms with E-state index >= 15 is 0 Å². The fraction of sp³-hybridized carbons (Fsp3) is 0.182. The number of ketones is 2. The summed E-state index contributed by atoms with van der Waals surface area (Å²) in [5.41, 5.74) is -0.168. The van der Waals surface area contributed by atoms with Crippen LogP contribution in [0.1, 0.15) is 17.3 Å². The highest BCUT2D eigenvalue weighted by atomic mass is 19.1. The molecule has 0 saturated heterocycles. The Morgan fingerprint density at radius 2 is 2.00 bits per heavy atom. The van der Waals surface area contributed by atoms with E-state index in [0.717, 1.165) is 12.1 Å². The van der Waals surface area contributed by atoms with Crippen LogP contribution in [0, 0.1) is 5.82 Å². The van der Waals surface area contributed by atoms with Gasteiger partial charge >= 0.3 is 11.8 Å². The van der Waals surface area contributed by atoms with E-state index in [1.54, 1.807) is 0 Å². The van der Waals surface area contributed by atoms with Gasteiger partial charge in [0.15, 0.2) is 0 Å². The zero-order chi connectivity index (χ0) is 12.1. The van der Waals surface area contributed by atoms with Gasteiger partial charge in [0, 0.05) is 5.56 Å². The minimum atomic E-state index is -1.30. The molecule has 1 aromatic carbocycles. The number of rotatable bonds is 4. The number of halogens is 1. The lowest BCUT2D eigenvalue weighted by molar-refractivity contribution is -0.151. The van der Waals surface area contributed by atoms with Crippen LogP contribution in [0.4, 0.5) is 4.39 Å². The van der Waals surface area contributed by atoms with E-state index in [9.17, 15) is 18.8 Å². The molecule has 5 heteroatoms. The quantitative estimate of drug-likeness (QED) is 0.333. The fourth-order valence-corrected chi connectivity index (χ4v) is 1.05. The summed E-state index contributed by atoms with van der Waals surface area (Å²) in [6.07, 6.45) is 0. The molecule has 0 amide bonds. The number of hydrogen-bond donors (Lipinski definition) is 0. The topological polar surface area (TPSA) is 60.4 Å². The van der Waals surface area contributed by atoms with Crippen LogP contribution in [-0.4, -0.2) is 24.1 Å². The van der Waals surface area contributed by atoms with Crippen molar-refractivity contribution in [3.63, 3.8) is 0 Å². The first kappa shape index (κ1) is 12.0. The van der Waals surface area contributed by atoms with Crippen molar-refractivity contribution in [2.75, 3.05) is 6.61 Å². The maximum atomic E-state index is 12.8. The molecule has 0 aromatic heterocycles. The lowest BCUT2D eigenvalue weighted by atomic mass is 10.1. The van der Waals surface area contributed by atoms with E-state index in [1.165, 1.54) is 19.1 Å². The number of hydrogen-bond acceptors (Lipinski definition) is 4. The third-order valence-electron chi connectivity index (χ3n) is 1.75. The largest absolute Gasteiger partial charge is 0.460 e. The molecule has 0 heterocycles. The van der Waals surface area contributed by atoms with Crippen LogP contribution >= 0.6 is 0 Å². The molecule has 0 spiro atoms. The summed E-state index contributed by atoms with van der Waals surface area (Å²) in [4.78, 5) is 33.6. The molecule has 0 atom stereocenters. The number of esters is 1. The maximum absolute atomic E-state index is 12.8. The average molecular weight is 224 g/mol. The second kappa shape index (κ2) is 5.16. The smallest absolute Gasteiger partial charge is 0.383 e. The third kappa shape index (κ3) is 2.73. The molecule has 0 bridgehead atoms. The minimum absolute atomic E-state index is 0.000996. The lowest BCUT2D eigenvalue weighted by Gasteiger charge is -2.00. The highest BCUT2D eigenvalue weighted by Crippen LogP contribution is 2.05. The van der Waals surface area contributed by atoms with Crippen molar-refractivity contribution in [3.8, 4) is 0 Å². The van der Waals surface area contributed by atoms with E-state index in [2.05, 4.69) is 4.74 Å². The number of ether oxygens (including phenoxy) is 1. The van der Waals surface area contributed by atoms with Crippen LogP contribution in [0.3, 0.4) is 0 Å². The van der Waals surface area contributed by atoms with Crippen LogP contribution in [0.15, 0.2) is 24.3 Å². The summed E-state index contributed by atoms with van der Waals surface area (Å²) in [5.74, 6) is -4.25. The maximum Gasteiger partial charge on any atom is 0.383 e. The van der Waals surface area contributed by atoms with Gasteiger partial charge in [-0.15, -0.1) is 0 Å². The van der Waals surface area contributed by atoms with Gasteiger partial charge in [-0.2, -0.15) is 0 Å². The molecule has 0 saturated carbocycles. The predicted octanol–water partition coefficient (Wildman–Crippen LogP) is 1.14. The Kier molecular flexibility index (Phi) is 3.88. The van der Waals surface area contributed by atoms with Crippen molar-refractivity contribution in [2.45, 2.75) is 6.92 Å². The number of carbonyl (C=O) groups is 3. The predicted molar refractivity (Wildman–Crippen MR) is 52.4 cm³/mol. The van der Waals surface area contributed by atoms with E-state index < -0.39 is 23.4 Å². The van der Waals surface area contributed by atoms with Gasteiger partial charge in [0.25, 0.3) is 0 Å². The first-order valence-electron chi connectivity index (χ1n) is 4.57. The number of benzene rings is 1. The van der Waals surface area contributed by atoms with E-state index in [4.69, 9.17) is 0 Å². The van der Waals surface area contributed by atoms with Gasteiger partial charge in [0.1, 0.15) is 5.82 Å². The highest BCUT2D eigenvalue weighted by Gasteiger charge is 2.25. The van der Waals surface area contributed by atoms with Gasteiger partial charge < -0.3 is 4.74 Å². The van der Waals surface area contributed by atoms with Crippen LogP contribution in [0.25, 0.3) is 0 Å². The minimum Gasteiger partial charge on any atom is -0.460 e. The Labute approximate surface area is 91.0 Å². The van der Waals surface area contributed by atoms with E-state index in [0.29, 0.717) is 0 Å². The molecule has 4 nitrogen and oxygen atoms in total. The molecule has 84 valence electrons. The van der Waals surface area contributed by atoms with Crippen molar-refractivity contribution < 1.29 is 23.5 Å². The molecule has 0 fully saturated rings. The fourth-order valence-electron chi connectivity index (χ4n) is 1.05. The first-order valence-corrected chi connectivity index (χ1v) is 4.57. The first-order chi connectivity index (χ1) is 7.56. The summed E-state index contributed by atoms with van der Waals surface area (Å²) < 4.78 is 17.1. The SMILES string of the molecule is CCOC(=O)C(=O)C(=O)c1cccc(F)c1. The molecule has 0 aliphatic heterocycles. The Balaban J connectivity index is 2.86. The van der Waals surface area contributed by atoms with Crippen molar-refractivity contribution >= 4 is 17.5 Å². The Bertz CT molecular complexity index is 439. The zero-order valence-electron chi connectivity index (χ0n) is 8.53. The lowest BCUT2D eigenvalue weighted by Crippen LogP contribution is -2.26. The van der Waals surface area contributed by atoms with Crippen molar-refractivity contribution in [2.24, 2.45) is 0 Å². The number of carbonyl (C=O) groups excluding carboxylic acids is 3. The molecule has 0 aliphatic carbocycles. The molecule has 1 aromatic rings. The highest BCUT2D eigenvalue weighted by molar-refractivity contribution is 6.65. The molecule has 0 unspecified atom stereocenters. The number of Topliss-reactive ketones (excluding diaryl/α,β-unsaturated/α-hetero) is 2. The van der Waals surface area contributed by atoms with Crippen molar-refractivity contribution in [1.29, 1.82) is 0 Å². The van der Waals surface area contributed by atoms with Crippen LogP contribution in [-0.2, 0) is 14.3 Å². The van der Waals surface area contributed by atoms with Gasteiger partial charge in [-0.1, -0.05) is 12.1 Å². The van der Waals surface area contributed by atoms with Crippen LogP contribution < -0.4 is 0 Å². The second-order valence-corrected chi connectivity index (χ2v) is 2.89. The van der Waals surface area contributed by atoms with E-state index in [-0.39, 0.29) is 12.2 Å². The molecular weight excluding hydrogens is 215 g/mol. The summed E-state index contributed by atoms with van der Waals surface area (Å²) in [6.45, 7) is 1.51. The van der Waals surface area contributed by atoms with Crippen LogP contribution in [0.2, 0.25) is 0 Å². The summed E-state index contributed by atoms with van der Waals surface area (Å²) >= 11 is 0. The standard InChI is InChI=1S/C11H9FO4/c1-2-16-11(15)10(14)9(13)7-4-3-5-8(12)6-7/h3-6H,2H2,1H3. The third-order valence-corrected chi connectivity index (χ3v) is 1.75. The Morgan fingerprint density at radius 1 is 1.31 bits per heavy atom. The second-order valence-electron chi connectivity index (χ2n) is 2.89. The normalized spacial score (nSPS) is 9.62. The Morgan fingerprint density at radius 3 is 2.56 bits per heavy atom.